The molecule has 0 radical (unpaired) electrons. The van der Waals surface area contributed by atoms with Crippen molar-refractivity contribution in [3.63, 3.8) is 0 Å². The summed E-state index contributed by atoms with van der Waals surface area (Å²) < 4.78 is 9.91. The standard InChI is InChI=1S/C13H12N2O5/c1-19-11-5-2-8(6-14-11)12(16)15-7-9-3-4-10(20-9)13(17)18/h2-6H,7H2,1H3,(H,15,16)(H,17,18). The van der Waals surface area contributed by atoms with Gasteiger partial charge < -0.3 is 19.6 Å². The van der Waals surface area contributed by atoms with Crippen molar-refractivity contribution in [2.75, 3.05) is 7.11 Å². The summed E-state index contributed by atoms with van der Waals surface area (Å²) in [6, 6.07) is 5.98. The van der Waals surface area contributed by atoms with Crippen LogP contribution in [0.3, 0.4) is 0 Å². The topological polar surface area (TPSA) is 102 Å². The van der Waals surface area contributed by atoms with Crippen molar-refractivity contribution in [2.45, 2.75) is 6.54 Å². The van der Waals surface area contributed by atoms with E-state index in [2.05, 4.69) is 10.3 Å². The highest BCUT2D eigenvalue weighted by molar-refractivity contribution is 5.93. The number of nitrogens with zero attached hydrogens (tertiary/aromatic N) is 1. The Morgan fingerprint density at radius 2 is 2.15 bits per heavy atom. The Labute approximate surface area is 114 Å². The van der Waals surface area contributed by atoms with Crippen LogP contribution in [-0.4, -0.2) is 29.1 Å². The third-order valence-electron chi connectivity index (χ3n) is 2.50. The van der Waals surface area contributed by atoms with Crippen molar-refractivity contribution >= 4 is 11.9 Å². The van der Waals surface area contributed by atoms with E-state index < -0.39 is 5.97 Å². The monoisotopic (exact) mass is 276 g/mol. The van der Waals surface area contributed by atoms with E-state index in [1.54, 1.807) is 12.1 Å². The van der Waals surface area contributed by atoms with Crippen LogP contribution in [0.4, 0.5) is 0 Å². The molecule has 2 heterocycles. The van der Waals surface area contributed by atoms with Gasteiger partial charge in [-0.05, 0) is 18.2 Å². The molecule has 104 valence electrons. The summed E-state index contributed by atoms with van der Waals surface area (Å²) in [5, 5.41) is 11.3. The predicted octanol–water partition coefficient (Wildman–Crippen LogP) is 1.31. The molecule has 2 rings (SSSR count). The molecular formula is C13H12N2O5. The predicted molar refractivity (Wildman–Crippen MR) is 67.6 cm³/mol. The molecule has 1 amide bonds. The number of pyridine rings is 1. The van der Waals surface area contributed by atoms with E-state index in [0.29, 0.717) is 17.2 Å². The Kier molecular flexibility index (Phi) is 3.99. The van der Waals surface area contributed by atoms with Gasteiger partial charge in [0.1, 0.15) is 5.76 Å². The lowest BCUT2D eigenvalue weighted by atomic mass is 10.2. The maximum Gasteiger partial charge on any atom is 0.371 e. The average molecular weight is 276 g/mol. The minimum absolute atomic E-state index is 0.0954. The molecule has 0 bridgehead atoms. The summed E-state index contributed by atoms with van der Waals surface area (Å²) in [6.07, 6.45) is 1.39. The number of rotatable bonds is 5. The van der Waals surface area contributed by atoms with Gasteiger partial charge in [0.05, 0.1) is 19.2 Å². The number of ether oxygens (including phenoxy) is 1. The number of carboxylic acid groups (broad SMARTS) is 1. The van der Waals surface area contributed by atoms with Crippen molar-refractivity contribution in [3.8, 4) is 5.88 Å². The van der Waals surface area contributed by atoms with Crippen LogP contribution in [0.5, 0.6) is 5.88 Å². The highest BCUT2D eigenvalue weighted by atomic mass is 16.5. The fourth-order valence-electron chi connectivity index (χ4n) is 1.49. The number of hydrogen-bond acceptors (Lipinski definition) is 5. The Morgan fingerprint density at radius 1 is 1.35 bits per heavy atom. The fourth-order valence-corrected chi connectivity index (χ4v) is 1.49. The van der Waals surface area contributed by atoms with Crippen LogP contribution in [0.1, 0.15) is 26.7 Å². The van der Waals surface area contributed by atoms with Gasteiger partial charge in [-0.25, -0.2) is 9.78 Å². The Hall–Kier alpha value is -2.83. The molecule has 7 heteroatoms. The number of carboxylic acids is 1. The van der Waals surface area contributed by atoms with Crippen molar-refractivity contribution in [1.29, 1.82) is 0 Å². The van der Waals surface area contributed by atoms with Gasteiger partial charge in [0.15, 0.2) is 0 Å². The molecule has 0 aliphatic carbocycles. The van der Waals surface area contributed by atoms with E-state index in [1.165, 1.54) is 25.4 Å². The lowest BCUT2D eigenvalue weighted by Crippen LogP contribution is -2.22. The van der Waals surface area contributed by atoms with E-state index in [9.17, 15) is 9.59 Å². The first-order valence-corrected chi connectivity index (χ1v) is 5.70. The molecule has 0 unspecified atom stereocenters. The summed E-state index contributed by atoms with van der Waals surface area (Å²) >= 11 is 0. The SMILES string of the molecule is COc1ccc(C(=O)NCc2ccc(C(=O)O)o2)cn1. The molecule has 0 aromatic carbocycles. The molecule has 0 saturated carbocycles. The van der Waals surface area contributed by atoms with Crippen LogP contribution >= 0.6 is 0 Å². The molecule has 0 fully saturated rings. The third-order valence-corrected chi connectivity index (χ3v) is 2.50. The Balaban J connectivity index is 1.95. The maximum atomic E-state index is 11.8. The summed E-state index contributed by atoms with van der Waals surface area (Å²) in [5.41, 5.74) is 0.371. The largest absolute Gasteiger partial charge is 0.481 e. The van der Waals surface area contributed by atoms with Crippen LogP contribution in [0, 0.1) is 0 Å². The number of furan rings is 1. The van der Waals surface area contributed by atoms with Crippen LogP contribution in [-0.2, 0) is 6.54 Å². The smallest absolute Gasteiger partial charge is 0.371 e. The maximum absolute atomic E-state index is 11.8. The molecule has 7 nitrogen and oxygen atoms in total. The van der Waals surface area contributed by atoms with E-state index >= 15 is 0 Å². The van der Waals surface area contributed by atoms with Gasteiger partial charge in [-0.2, -0.15) is 0 Å². The van der Waals surface area contributed by atoms with Crippen LogP contribution in [0.2, 0.25) is 0 Å². The van der Waals surface area contributed by atoms with Gasteiger partial charge in [-0.1, -0.05) is 0 Å². The van der Waals surface area contributed by atoms with Gasteiger partial charge >= 0.3 is 5.97 Å². The first-order chi connectivity index (χ1) is 9.60. The fraction of sp³-hybridized carbons (Fsp3) is 0.154. The summed E-state index contributed by atoms with van der Waals surface area (Å²) in [4.78, 5) is 26.4. The minimum atomic E-state index is -1.15. The number of aromatic carboxylic acids is 1. The van der Waals surface area contributed by atoms with E-state index in [4.69, 9.17) is 14.3 Å². The molecule has 2 aromatic heterocycles. The second kappa shape index (κ2) is 5.87. The molecule has 0 aliphatic heterocycles. The molecule has 2 N–H and O–H groups in total. The highest BCUT2D eigenvalue weighted by Crippen LogP contribution is 2.09. The number of hydrogen-bond donors (Lipinski definition) is 2. The number of amides is 1. The first kappa shape index (κ1) is 13.6. The second-order valence-electron chi connectivity index (χ2n) is 3.84. The summed E-state index contributed by atoms with van der Waals surface area (Å²) in [5.74, 6) is -0.883. The van der Waals surface area contributed by atoms with Gasteiger partial charge in [-0.15, -0.1) is 0 Å². The van der Waals surface area contributed by atoms with Crippen LogP contribution < -0.4 is 10.1 Å². The zero-order valence-electron chi connectivity index (χ0n) is 10.6. The van der Waals surface area contributed by atoms with E-state index in [-0.39, 0.29) is 18.2 Å². The highest BCUT2D eigenvalue weighted by Gasteiger charge is 2.11. The Bertz CT molecular complexity index is 618. The number of carbonyl (C=O) groups is 2. The van der Waals surface area contributed by atoms with Gasteiger partial charge in [0.2, 0.25) is 11.6 Å². The lowest BCUT2D eigenvalue weighted by molar-refractivity contribution is 0.0660. The first-order valence-electron chi connectivity index (χ1n) is 5.70. The normalized spacial score (nSPS) is 10.1. The third kappa shape index (κ3) is 3.14. The molecule has 0 saturated heterocycles. The number of aromatic nitrogens is 1. The number of nitrogens with one attached hydrogen (secondary N) is 1. The number of methoxy groups -OCH3 is 1. The van der Waals surface area contributed by atoms with E-state index in [1.807, 2.05) is 0 Å². The molecular weight excluding hydrogens is 264 g/mol. The van der Waals surface area contributed by atoms with Crippen molar-refractivity contribution in [3.05, 3.63) is 47.5 Å². The second-order valence-corrected chi connectivity index (χ2v) is 3.84. The molecule has 0 spiro atoms. The van der Waals surface area contributed by atoms with E-state index in [0.717, 1.165) is 0 Å². The van der Waals surface area contributed by atoms with Gasteiger partial charge in [-0.3, -0.25) is 4.79 Å². The Morgan fingerprint density at radius 3 is 2.70 bits per heavy atom. The zero-order valence-corrected chi connectivity index (χ0v) is 10.6. The average Bonchev–Trinajstić information content (AvgIpc) is 2.94. The molecule has 0 atom stereocenters. The number of carbonyl (C=O) groups excluding carboxylic acids is 1. The summed E-state index contributed by atoms with van der Waals surface area (Å²) in [7, 11) is 1.49. The minimum Gasteiger partial charge on any atom is -0.481 e. The van der Waals surface area contributed by atoms with Crippen molar-refractivity contribution in [2.24, 2.45) is 0 Å². The van der Waals surface area contributed by atoms with Crippen molar-refractivity contribution < 1.29 is 23.8 Å². The summed E-state index contributed by atoms with van der Waals surface area (Å²) in [6.45, 7) is 0.0954. The molecule has 20 heavy (non-hydrogen) atoms. The van der Waals surface area contributed by atoms with Crippen LogP contribution in [0.15, 0.2) is 34.9 Å². The van der Waals surface area contributed by atoms with Crippen molar-refractivity contribution in [1.82, 2.24) is 10.3 Å². The quantitative estimate of drug-likeness (QED) is 0.853. The van der Waals surface area contributed by atoms with Crippen LogP contribution in [0.25, 0.3) is 0 Å². The lowest BCUT2D eigenvalue weighted by Gasteiger charge is -2.03. The molecule has 0 aliphatic rings. The zero-order chi connectivity index (χ0) is 14.5. The van der Waals surface area contributed by atoms with Gasteiger partial charge in [0.25, 0.3) is 5.91 Å². The van der Waals surface area contributed by atoms with Gasteiger partial charge in [0, 0.05) is 12.3 Å². The molecule has 2 aromatic rings.